The van der Waals surface area contributed by atoms with E-state index >= 15 is 0 Å². The Morgan fingerprint density at radius 2 is 1.90 bits per heavy atom. The molecule has 0 saturated heterocycles. The number of carboxylic acid groups (broad SMARTS) is 1. The number of aryl methyl sites for hydroxylation is 2. The Labute approximate surface area is 229 Å². The molecule has 0 saturated carbocycles. The number of aromatic nitrogens is 2. The number of nitrogens with zero attached hydrogens (tertiary/aromatic N) is 4. The van der Waals surface area contributed by atoms with E-state index in [2.05, 4.69) is 48.6 Å². The van der Waals surface area contributed by atoms with Gasteiger partial charge in [0.2, 0.25) is 0 Å². The quantitative estimate of drug-likeness (QED) is 0.291. The number of hydrogen-bond donors (Lipinski definition) is 1. The molecule has 1 aliphatic heterocycles. The van der Waals surface area contributed by atoms with Gasteiger partial charge in [0.1, 0.15) is 11.7 Å². The van der Waals surface area contributed by atoms with Crippen LogP contribution in [0.25, 0.3) is 22.2 Å². The van der Waals surface area contributed by atoms with Crippen LogP contribution in [-0.2, 0) is 13.0 Å². The van der Waals surface area contributed by atoms with E-state index in [1.165, 1.54) is 12.1 Å². The Kier molecular flexibility index (Phi) is 6.55. The number of carboxylic acids is 1. The molecule has 0 radical (unpaired) electrons. The molecule has 2 aliphatic rings. The van der Waals surface area contributed by atoms with Gasteiger partial charge in [-0.3, -0.25) is 0 Å². The maximum absolute atomic E-state index is 12.3. The number of fused-ring (bicyclic) bond motifs is 2. The zero-order valence-corrected chi connectivity index (χ0v) is 22.8. The molecule has 6 rings (SSSR count). The first-order chi connectivity index (χ1) is 18.9. The highest BCUT2D eigenvalue weighted by atomic mass is 16.4. The third-order valence-corrected chi connectivity index (χ3v) is 8.01. The number of carbonyl (C=O) groups is 1. The second-order valence-corrected chi connectivity index (χ2v) is 10.7. The molecule has 1 unspecified atom stereocenters. The van der Waals surface area contributed by atoms with Crippen LogP contribution in [0, 0.1) is 6.92 Å². The average Bonchev–Trinajstić information content (AvgIpc) is 3.47. The van der Waals surface area contributed by atoms with E-state index in [0.717, 1.165) is 76.2 Å². The molecule has 1 atom stereocenters. The highest BCUT2D eigenvalue weighted by Gasteiger charge is 2.31. The molecule has 2 heterocycles. The van der Waals surface area contributed by atoms with Crippen LogP contribution < -0.4 is 0 Å². The van der Waals surface area contributed by atoms with Crippen molar-refractivity contribution < 1.29 is 9.90 Å². The van der Waals surface area contributed by atoms with Crippen molar-refractivity contribution in [2.75, 3.05) is 7.05 Å². The van der Waals surface area contributed by atoms with Gasteiger partial charge < -0.3 is 14.6 Å². The van der Waals surface area contributed by atoms with Gasteiger partial charge in [0.25, 0.3) is 0 Å². The van der Waals surface area contributed by atoms with E-state index in [9.17, 15) is 9.90 Å². The highest BCUT2D eigenvalue weighted by Crippen LogP contribution is 2.33. The van der Waals surface area contributed by atoms with Crippen LogP contribution in [-0.4, -0.2) is 44.5 Å². The molecule has 1 aliphatic carbocycles. The standard InChI is InChI=1S/C33H34N4O2/c1-4-10-30-35-31-21(2)17-24(32-34-27-13-8-9-14-28(27)36(32)3)19-29(31)37(30)20-22-15-16-25(26(18-22)33(38)39)23-11-6-5-7-12-23/h5-7,11-13,15-19,28H,4,8-10,14,20H2,1-3H3,(H,38,39). The van der Waals surface area contributed by atoms with Crippen molar-refractivity contribution in [1.29, 1.82) is 0 Å². The summed E-state index contributed by atoms with van der Waals surface area (Å²) >= 11 is 0. The molecule has 1 N–H and O–H groups in total. The summed E-state index contributed by atoms with van der Waals surface area (Å²) in [4.78, 5) is 24.7. The molecular weight excluding hydrogens is 484 g/mol. The fourth-order valence-corrected chi connectivity index (χ4v) is 6.05. The Bertz CT molecular complexity index is 1630. The summed E-state index contributed by atoms with van der Waals surface area (Å²) in [7, 11) is 2.15. The Morgan fingerprint density at radius 1 is 1.08 bits per heavy atom. The van der Waals surface area contributed by atoms with Crippen LogP contribution in [0.5, 0.6) is 0 Å². The van der Waals surface area contributed by atoms with Crippen LogP contribution in [0.15, 0.2) is 77.4 Å². The van der Waals surface area contributed by atoms with Crippen molar-refractivity contribution in [2.24, 2.45) is 4.99 Å². The maximum atomic E-state index is 12.3. The Balaban J connectivity index is 1.44. The van der Waals surface area contributed by atoms with Gasteiger partial charge in [0, 0.05) is 25.6 Å². The lowest BCUT2D eigenvalue weighted by molar-refractivity contribution is 0.0697. The number of imidazole rings is 1. The Hall–Kier alpha value is -4.19. The number of likely N-dealkylation sites (N-methyl/N-ethyl adjacent to an activating group) is 1. The second kappa shape index (κ2) is 10.2. The normalized spacial score (nSPS) is 16.8. The van der Waals surface area contributed by atoms with E-state index in [4.69, 9.17) is 9.98 Å². The van der Waals surface area contributed by atoms with Crippen molar-refractivity contribution in [3.8, 4) is 11.1 Å². The third-order valence-electron chi connectivity index (χ3n) is 8.01. The molecule has 0 spiro atoms. The lowest BCUT2D eigenvalue weighted by atomic mass is 9.97. The van der Waals surface area contributed by atoms with Crippen LogP contribution in [0.4, 0.5) is 0 Å². The number of benzene rings is 3. The fourth-order valence-electron chi connectivity index (χ4n) is 6.05. The zero-order chi connectivity index (χ0) is 27.1. The topological polar surface area (TPSA) is 70.7 Å². The first-order valence-corrected chi connectivity index (χ1v) is 13.9. The summed E-state index contributed by atoms with van der Waals surface area (Å²) in [5.74, 6) is 1.12. The lowest BCUT2D eigenvalue weighted by Gasteiger charge is -2.26. The molecule has 6 nitrogen and oxygen atoms in total. The molecule has 39 heavy (non-hydrogen) atoms. The number of amidine groups is 1. The summed E-state index contributed by atoms with van der Waals surface area (Å²) in [5.41, 5.74) is 8.38. The molecule has 0 bridgehead atoms. The van der Waals surface area contributed by atoms with Crippen LogP contribution in [0.1, 0.15) is 65.5 Å². The highest BCUT2D eigenvalue weighted by molar-refractivity contribution is 6.04. The minimum Gasteiger partial charge on any atom is -0.478 e. The van der Waals surface area contributed by atoms with Gasteiger partial charge in [-0.05, 0) is 73.1 Å². The monoisotopic (exact) mass is 518 g/mol. The van der Waals surface area contributed by atoms with E-state index in [-0.39, 0.29) is 0 Å². The minimum absolute atomic E-state index is 0.315. The molecule has 6 heteroatoms. The van der Waals surface area contributed by atoms with Gasteiger partial charge in [-0.2, -0.15) is 0 Å². The van der Waals surface area contributed by atoms with Crippen LogP contribution in [0.3, 0.4) is 0 Å². The molecular formula is C33H34N4O2. The summed E-state index contributed by atoms with van der Waals surface area (Å²) in [6.07, 6.45) is 7.56. The van der Waals surface area contributed by atoms with Crippen molar-refractivity contribution in [2.45, 2.75) is 58.5 Å². The Morgan fingerprint density at radius 3 is 2.64 bits per heavy atom. The summed E-state index contributed by atoms with van der Waals surface area (Å²) in [6, 6.07) is 20.3. The summed E-state index contributed by atoms with van der Waals surface area (Å²) < 4.78 is 2.26. The van der Waals surface area contributed by atoms with Gasteiger partial charge in [-0.1, -0.05) is 55.5 Å². The van der Waals surface area contributed by atoms with E-state index in [0.29, 0.717) is 18.2 Å². The van der Waals surface area contributed by atoms with Gasteiger partial charge in [0.15, 0.2) is 0 Å². The molecule has 3 aromatic carbocycles. The predicted molar refractivity (Wildman–Crippen MR) is 156 cm³/mol. The van der Waals surface area contributed by atoms with E-state index in [1.807, 2.05) is 48.5 Å². The summed E-state index contributed by atoms with van der Waals surface area (Å²) in [5, 5.41) is 10.1. The van der Waals surface area contributed by atoms with Crippen LogP contribution in [0.2, 0.25) is 0 Å². The number of hydrogen-bond acceptors (Lipinski definition) is 4. The smallest absolute Gasteiger partial charge is 0.336 e. The average molecular weight is 519 g/mol. The maximum Gasteiger partial charge on any atom is 0.336 e. The first kappa shape index (κ1) is 25.1. The van der Waals surface area contributed by atoms with E-state index in [1.54, 1.807) is 0 Å². The SMILES string of the molecule is CCCc1nc2c(C)cc(C3=NC4=CCCCC4N3C)cc2n1Cc1ccc(-c2ccccc2)c(C(=O)O)c1. The van der Waals surface area contributed by atoms with Gasteiger partial charge in [-0.25, -0.2) is 14.8 Å². The van der Waals surface area contributed by atoms with Crippen molar-refractivity contribution in [3.63, 3.8) is 0 Å². The predicted octanol–water partition coefficient (Wildman–Crippen LogP) is 6.84. The lowest BCUT2D eigenvalue weighted by Crippen LogP contribution is -2.33. The van der Waals surface area contributed by atoms with E-state index < -0.39 is 5.97 Å². The molecule has 1 aromatic heterocycles. The third kappa shape index (κ3) is 4.54. The first-order valence-electron chi connectivity index (χ1n) is 13.9. The van der Waals surface area contributed by atoms with Crippen molar-refractivity contribution >= 4 is 22.8 Å². The van der Waals surface area contributed by atoms with Gasteiger partial charge in [-0.15, -0.1) is 0 Å². The van der Waals surface area contributed by atoms with Gasteiger partial charge >= 0.3 is 5.97 Å². The van der Waals surface area contributed by atoms with Crippen molar-refractivity contribution in [1.82, 2.24) is 14.5 Å². The fraction of sp³-hybridized carbons (Fsp3) is 0.303. The molecule has 0 amide bonds. The van der Waals surface area contributed by atoms with Gasteiger partial charge in [0.05, 0.1) is 28.3 Å². The minimum atomic E-state index is -0.920. The molecule has 0 fully saturated rings. The number of aromatic carboxylic acids is 1. The van der Waals surface area contributed by atoms with Crippen molar-refractivity contribution in [3.05, 3.63) is 101 Å². The summed E-state index contributed by atoms with van der Waals surface area (Å²) in [6.45, 7) is 4.84. The molecule has 4 aromatic rings. The largest absolute Gasteiger partial charge is 0.478 e. The molecule has 198 valence electrons. The zero-order valence-electron chi connectivity index (χ0n) is 22.8. The number of aliphatic imine (C=N–C) groups is 1. The van der Waals surface area contributed by atoms with Crippen LogP contribution >= 0.6 is 0 Å². The number of allylic oxidation sites excluding steroid dienone is 1. The number of rotatable bonds is 7. The second-order valence-electron chi connectivity index (χ2n) is 10.7.